The van der Waals surface area contributed by atoms with Crippen molar-refractivity contribution in [2.75, 3.05) is 18.1 Å². The summed E-state index contributed by atoms with van der Waals surface area (Å²) < 4.78 is 18.3. The van der Waals surface area contributed by atoms with Crippen molar-refractivity contribution in [2.45, 2.75) is 11.3 Å². The van der Waals surface area contributed by atoms with Crippen LogP contribution in [0.25, 0.3) is 0 Å². The molecule has 0 bridgehead atoms. The van der Waals surface area contributed by atoms with Crippen LogP contribution in [0.1, 0.15) is 6.42 Å². The van der Waals surface area contributed by atoms with Gasteiger partial charge in [-0.2, -0.15) is 0 Å². The summed E-state index contributed by atoms with van der Waals surface area (Å²) in [6.07, 6.45) is 0.927. The van der Waals surface area contributed by atoms with Crippen molar-refractivity contribution in [3.8, 4) is 5.75 Å². The van der Waals surface area contributed by atoms with Crippen LogP contribution in [0.2, 0.25) is 0 Å². The second-order valence-corrected chi connectivity index (χ2v) is 5.25. The van der Waals surface area contributed by atoms with Crippen molar-refractivity contribution >= 4 is 17.4 Å². The summed E-state index contributed by atoms with van der Waals surface area (Å²) in [5.74, 6) is 1.54. The van der Waals surface area contributed by atoms with E-state index in [1.54, 1.807) is 23.9 Å². The van der Waals surface area contributed by atoms with Gasteiger partial charge in [0.25, 0.3) is 0 Å². The monoisotopic (exact) mass is 277 g/mol. The number of rotatable bonds is 6. The Bertz CT molecular complexity index is 516. The Hall–Kier alpha value is -1.68. The maximum absolute atomic E-state index is 12.7. The molecule has 0 aliphatic carbocycles. The Balaban J connectivity index is 1.66. The summed E-state index contributed by atoms with van der Waals surface area (Å²) in [7, 11) is 0. The first kappa shape index (κ1) is 13.7. The molecule has 19 heavy (non-hydrogen) atoms. The third-order valence-electron chi connectivity index (χ3n) is 2.50. The SMILES string of the molecule is Nc1cccc(OCCCSc2ccc(F)cc2)c1. The van der Waals surface area contributed by atoms with E-state index in [2.05, 4.69) is 0 Å². The molecule has 0 unspecified atom stereocenters. The van der Waals surface area contributed by atoms with Crippen LogP contribution < -0.4 is 10.5 Å². The largest absolute Gasteiger partial charge is 0.493 e. The Labute approximate surface area is 116 Å². The van der Waals surface area contributed by atoms with Crippen molar-refractivity contribution < 1.29 is 9.13 Å². The normalized spacial score (nSPS) is 10.4. The van der Waals surface area contributed by atoms with E-state index in [1.165, 1.54) is 12.1 Å². The number of thioether (sulfide) groups is 1. The third kappa shape index (κ3) is 4.83. The lowest BCUT2D eigenvalue weighted by Gasteiger charge is -2.06. The molecule has 0 aliphatic rings. The number of nitrogen functional groups attached to an aromatic ring is 1. The van der Waals surface area contributed by atoms with E-state index in [-0.39, 0.29) is 5.82 Å². The van der Waals surface area contributed by atoms with Gasteiger partial charge in [-0.25, -0.2) is 4.39 Å². The number of ether oxygens (including phenoxy) is 1. The van der Waals surface area contributed by atoms with Gasteiger partial charge in [0, 0.05) is 22.4 Å². The predicted molar refractivity (Wildman–Crippen MR) is 78.1 cm³/mol. The number of anilines is 1. The minimum atomic E-state index is -0.200. The summed E-state index contributed by atoms with van der Waals surface area (Å²) in [6.45, 7) is 0.650. The van der Waals surface area contributed by atoms with Gasteiger partial charge in [0.1, 0.15) is 11.6 Å². The molecule has 0 saturated carbocycles. The van der Waals surface area contributed by atoms with Crippen LogP contribution in [0.4, 0.5) is 10.1 Å². The third-order valence-corrected chi connectivity index (χ3v) is 3.60. The summed E-state index contributed by atoms with van der Waals surface area (Å²) in [6, 6.07) is 13.9. The first-order valence-electron chi connectivity index (χ1n) is 6.11. The minimum absolute atomic E-state index is 0.200. The molecule has 0 heterocycles. The first-order valence-corrected chi connectivity index (χ1v) is 7.09. The topological polar surface area (TPSA) is 35.2 Å². The van der Waals surface area contributed by atoms with Crippen molar-refractivity contribution in [1.82, 2.24) is 0 Å². The highest BCUT2D eigenvalue weighted by molar-refractivity contribution is 7.99. The van der Waals surface area contributed by atoms with E-state index in [9.17, 15) is 4.39 Å². The van der Waals surface area contributed by atoms with Crippen molar-refractivity contribution in [1.29, 1.82) is 0 Å². The highest BCUT2D eigenvalue weighted by Gasteiger charge is 1.97. The zero-order valence-corrected chi connectivity index (χ0v) is 11.3. The molecule has 0 fully saturated rings. The van der Waals surface area contributed by atoms with Gasteiger partial charge in [-0.3, -0.25) is 0 Å². The molecule has 0 saturated heterocycles. The number of halogens is 1. The van der Waals surface area contributed by atoms with Gasteiger partial charge in [-0.05, 0) is 42.8 Å². The first-order chi connectivity index (χ1) is 9.24. The highest BCUT2D eigenvalue weighted by Crippen LogP contribution is 2.19. The average molecular weight is 277 g/mol. The van der Waals surface area contributed by atoms with Gasteiger partial charge >= 0.3 is 0 Å². The fraction of sp³-hybridized carbons (Fsp3) is 0.200. The summed E-state index contributed by atoms with van der Waals surface area (Å²) >= 11 is 1.70. The zero-order valence-electron chi connectivity index (χ0n) is 10.5. The molecule has 2 N–H and O–H groups in total. The van der Waals surface area contributed by atoms with Crippen LogP contribution >= 0.6 is 11.8 Å². The minimum Gasteiger partial charge on any atom is -0.493 e. The van der Waals surface area contributed by atoms with Gasteiger partial charge in [0.2, 0.25) is 0 Å². The standard InChI is InChI=1S/C15H16FNOS/c16-12-5-7-15(8-6-12)19-10-2-9-18-14-4-1-3-13(17)11-14/h1,3-8,11H,2,9-10,17H2. The molecule has 2 aromatic rings. The Morgan fingerprint density at radius 3 is 2.63 bits per heavy atom. The van der Waals surface area contributed by atoms with Gasteiger partial charge in [0.05, 0.1) is 6.61 Å². The molecular weight excluding hydrogens is 261 g/mol. The van der Waals surface area contributed by atoms with Crippen molar-refractivity contribution in [2.24, 2.45) is 0 Å². The number of hydrogen-bond donors (Lipinski definition) is 1. The molecule has 0 atom stereocenters. The van der Waals surface area contributed by atoms with Crippen LogP contribution in [-0.4, -0.2) is 12.4 Å². The summed E-state index contributed by atoms with van der Waals surface area (Å²) in [5, 5.41) is 0. The maximum Gasteiger partial charge on any atom is 0.123 e. The fourth-order valence-electron chi connectivity index (χ4n) is 1.57. The van der Waals surface area contributed by atoms with Crippen LogP contribution in [0.5, 0.6) is 5.75 Å². The molecule has 0 aromatic heterocycles. The molecule has 100 valence electrons. The van der Waals surface area contributed by atoms with E-state index in [0.29, 0.717) is 12.3 Å². The Kier molecular flexibility index (Phi) is 5.10. The fourth-order valence-corrected chi connectivity index (χ4v) is 2.40. The second kappa shape index (κ2) is 7.04. The smallest absolute Gasteiger partial charge is 0.123 e. The highest BCUT2D eigenvalue weighted by atomic mass is 32.2. The summed E-state index contributed by atoms with van der Waals surface area (Å²) in [4.78, 5) is 1.07. The van der Waals surface area contributed by atoms with Crippen LogP contribution in [0.3, 0.4) is 0 Å². The van der Waals surface area contributed by atoms with Crippen molar-refractivity contribution in [3.05, 3.63) is 54.3 Å². The lowest BCUT2D eigenvalue weighted by atomic mass is 10.3. The Morgan fingerprint density at radius 1 is 1.11 bits per heavy atom. The van der Waals surface area contributed by atoms with Gasteiger partial charge in [-0.15, -0.1) is 11.8 Å². The van der Waals surface area contributed by atoms with Gasteiger partial charge < -0.3 is 10.5 Å². The van der Waals surface area contributed by atoms with E-state index in [1.807, 2.05) is 24.3 Å². The zero-order chi connectivity index (χ0) is 13.5. The van der Waals surface area contributed by atoms with Gasteiger partial charge in [0.15, 0.2) is 0 Å². The quantitative estimate of drug-likeness (QED) is 0.493. The molecule has 0 radical (unpaired) electrons. The van der Waals surface area contributed by atoms with Crippen LogP contribution in [0.15, 0.2) is 53.4 Å². The molecule has 0 amide bonds. The van der Waals surface area contributed by atoms with E-state index < -0.39 is 0 Å². The molecule has 0 aliphatic heterocycles. The molecule has 2 rings (SSSR count). The van der Waals surface area contributed by atoms with Crippen LogP contribution in [-0.2, 0) is 0 Å². The van der Waals surface area contributed by atoms with E-state index >= 15 is 0 Å². The van der Waals surface area contributed by atoms with Crippen LogP contribution in [0, 0.1) is 5.82 Å². The van der Waals surface area contributed by atoms with E-state index in [0.717, 1.165) is 22.8 Å². The number of benzene rings is 2. The molecule has 2 aromatic carbocycles. The molecule has 0 spiro atoms. The number of hydrogen-bond acceptors (Lipinski definition) is 3. The Morgan fingerprint density at radius 2 is 1.89 bits per heavy atom. The second-order valence-electron chi connectivity index (χ2n) is 4.08. The van der Waals surface area contributed by atoms with E-state index in [4.69, 9.17) is 10.5 Å². The lowest BCUT2D eigenvalue weighted by molar-refractivity contribution is 0.319. The molecule has 2 nitrogen and oxygen atoms in total. The average Bonchev–Trinajstić information content (AvgIpc) is 2.41. The molecule has 4 heteroatoms. The van der Waals surface area contributed by atoms with Gasteiger partial charge in [-0.1, -0.05) is 6.07 Å². The lowest BCUT2D eigenvalue weighted by Crippen LogP contribution is -1.99. The van der Waals surface area contributed by atoms with Crippen molar-refractivity contribution in [3.63, 3.8) is 0 Å². The summed E-state index contributed by atoms with van der Waals surface area (Å²) in [5.41, 5.74) is 6.37. The predicted octanol–water partition coefficient (Wildman–Crippen LogP) is 3.97. The molecular formula is C15H16FNOS. The number of nitrogens with two attached hydrogens (primary N) is 1. The maximum atomic E-state index is 12.7.